The number of hydrogen-bond acceptors (Lipinski definition) is 5. The maximum atomic E-state index is 13.3. The molecule has 1 atom stereocenters. The van der Waals surface area contributed by atoms with Crippen molar-refractivity contribution in [3.63, 3.8) is 0 Å². The average molecular weight is 370 g/mol. The summed E-state index contributed by atoms with van der Waals surface area (Å²) in [4.78, 5) is 25.4. The van der Waals surface area contributed by atoms with Crippen LogP contribution in [0.25, 0.3) is 0 Å². The predicted octanol–water partition coefficient (Wildman–Crippen LogP) is 4.33. The maximum absolute atomic E-state index is 13.3. The molecule has 2 aromatic rings. The molecular weight excluding hydrogens is 344 g/mol. The van der Waals surface area contributed by atoms with Crippen LogP contribution in [-0.4, -0.2) is 32.9 Å². The second-order valence-electron chi connectivity index (χ2n) is 6.38. The summed E-state index contributed by atoms with van der Waals surface area (Å²) in [7, 11) is 4.65. The number of ether oxygens (including phenoxy) is 3. The number of carbonyl (C=O) groups excluding carboxylic acids is 2. The molecule has 0 heterocycles. The number of hydrogen-bond donors (Lipinski definition) is 0. The molecule has 0 aliphatic carbocycles. The van der Waals surface area contributed by atoms with Crippen molar-refractivity contribution in [1.29, 1.82) is 0 Å². The molecule has 0 aliphatic rings. The van der Waals surface area contributed by atoms with E-state index in [9.17, 15) is 9.59 Å². The Kier molecular flexibility index (Phi) is 6.61. The van der Waals surface area contributed by atoms with Crippen molar-refractivity contribution < 1.29 is 23.8 Å². The zero-order valence-corrected chi connectivity index (χ0v) is 16.7. The Morgan fingerprint density at radius 3 is 2.07 bits per heavy atom. The molecule has 0 saturated carbocycles. The Morgan fingerprint density at radius 1 is 0.926 bits per heavy atom. The first-order valence-corrected chi connectivity index (χ1v) is 8.83. The molecule has 0 N–H and O–H groups in total. The van der Waals surface area contributed by atoms with Crippen molar-refractivity contribution in [3.05, 3.63) is 52.6 Å². The second-order valence-corrected chi connectivity index (χ2v) is 6.38. The third-order valence-electron chi connectivity index (χ3n) is 4.73. The van der Waals surface area contributed by atoms with Gasteiger partial charge in [0, 0.05) is 17.0 Å². The van der Waals surface area contributed by atoms with Crippen LogP contribution >= 0.6 is 0 Å². The van der Waals surface area contributed by atoms with Crippen molar-refractivity contribution in [2.75, 3.05) is 21.3 Å². The molecule has 2 aromatic carbocycles. The minimum absolute atomic E-state index is 0.0183. The Balaban J connectivity index is 2.64. The van der Waals surface area contributed by atoms with Gasteiger partial charge in [-0.05, 0) is 61.7 Å². The normalized spacial score (nSPS) is 11.6. The van der Waals surface area contributed by atoms with Crippen LogP contribution in [0.1, 0.15) is 53.2 Å². The lowest BCUT2D eigenvalue weighted by Gasteiger charge is -2.19. The standard InChI is InChI=1S/C22H26O5/c1-7-16(14(3)23)17-12-20(26-5)13(2)10-18(17)22(24)15-8-9-19(25-4)21(11-15)27-6/h8-12,16H,7H2,1-6H3. The van der Waals surface area contributed by atoms with Crippen LogP contribution in [0, 0.1) is 6.92 Å². The van der Waals surface area contributed by atoms with Crippen LogP contribution in [0.2, 0.25) is 0 Å². The van der Waals surface area contributed by atoms with Gasteiger partial charge in [0.2, 0.25) is 0 Å². The van der Waals surface area contributed by atoms with Crippen molar-refractivity contribution in [2.24, 2.45) is 0 Å². The Hall–Kier alpha value is -2.82. The summed E-state index contributed by atoms with van der Waals surface area (Å²) in [6, 6.07) is 8.64. The van der Waals surface area contributed by atoms with Crippen LogP contribution in [0.3, 0.4) is 0 Å². The summed E-state index contributed by atoms with van der Waals surface area (Å²) in [5, 5.41) is 0. The third kappa shape index (κ3) is 4.13. The molecule has 0 aliphatic heterocycles. The quantitative estimate of drug-likeness (QED) is 0.647. The number of ketones is 2. The lowest BCUT2D eigenvalue weighted by Crippen LogP contribution is -2.15. The fraction of sp³-hybridized carbons (Fsp3) is 0.364. The highest BCUT2D eigenvalue weighted by Gasteiger charge is 2.24. The van der Waals surface area contributed by atoms with E-state index >= 15 is 0 Å². The van der Waals surface area contributed by atoms with E-state index in [4.69, 9.17) is 14.2 Å². The summed E-state index contributed by atoms with van der Waals surface area (Å²) in [5.74, 6) is 1.18. The van der Waals surface area contributed by atoms with Gasteiger partial charge < -0.3 is 14.2 Å². The summed E-state index contributed by atoms with van der Waals surface area (Å²) in [6.45, 7) is 5.36. The summed E-state index contributed by atoms with van der Waals surface area (Å²) in [6.07, 6.45) is 0.605. The minimum atomic E-state index is -0.362. The van der Waals surface area contributed by atoms with Crippen LogP contribution in [0.5, 0.6) is 17.2 Å². The third-order valence-corrected chi connectivity index (χ3v) is 4.73. The Labute approximate surface area is 160 Å². The van der Waals surface area contributed by atoms with Crippen molar-refractivity contribution in [3.8, 4) is 17.2 Å². The lowest BCUT2D eigenvalue weighted by molar-refractivity contribution is -0.118. The second kappa shape index (κ2) is 8.71. The van der Waals surface area contributed by atoms with Gasteiger partial charge in [-0.2, -0.15) is 0 Å². The number of rotatable bonds is 8. The molecule has 0 bridgehead atoms. The lowest BCUT2D eigenvalue weighted by atomic mass is 9.85. The van der Waals surface area contributed by atoms with Gasteiger partial charge in [-0.1, -0.05) is 6.92 Å². The molecule has 0 saturated heterocycles. The topological polar surface area (TPSA) is 61.8 Å². The van der Waals surface area contributed by atoms with E-state index in [2.05, 4.69) is 0 Å². The van der Waals surface area contributed by atoms with Gasteiger partial charge in [-0.25, -0.2) is 0 Å². The van der Waals surface area contributed by atoms with Gasteiger partial charge in [0.25, 0.3) is 0 Å². The fourth-order valence-corrected chi connectivity index (χ4v) is 3.27. The highest BCUT2D eigenvalue weighted by molar-refractivity contribution is 6.11. The van der Waals surface area contributed by atoms with Gasteiger partial charge >= 0.3 is 0 Å². The molecule has 0 aromatic heterocycles. The molecule has 0 amide bonds. The molecule has 0 spiro atoms. The predicted molar refractivity (Wildman–Crippen MR) is 104 cm³/mol. The van der Waals surface area contributed by atoms with E-state index in [1.165, 1.54) is 7.11 Å². The van der Waals surface area contributed by atoms with E-state index in [0.29, 0.717) is 40.4 Å². The molecule has 1 unspecified atom stereocenters. The van der Waals surface area contributed by atoms with E-state index < -0.39 is 0 Å². The Morgan fingerprint density at radius 2 is 1.56 bits per heavy atom. The van der Waals surface area contributed by atoms with E-state index in [-0.39, 0.29) is 17.5 Å². The van der Waals surface area contributed by atoms with Gasteiger partial charge in [0.05, 0.1) is 21.3 Å². The SMILES string of the molecule is CCC(C(C)=O)c1cc(OC)c(C)cc1C(=O)c1ccc(OC)c(OC)c1. The zero-order valence-electron chi connectivity index (χ0n) is 16.7. The molecule has 27 heavy (non-hydrogen) atoms. The van der Waals surface area contributed by atoms with Gasteiger partial charge in [0.15, 0.2) is 17.3 Å². The first-order chi connectivity index (χ1) is 12.9. The number of methoxy groups -OCH3 is 3. The van der Waals surface area contributed by atoms with E-state index in [0.717, 1.165) is 5.56 Å². The van der Waals surface area contributed by atoms with Crippen LogP contribution in [-0.2, 0) is 4.79 Å². The highest BCUT2D eigenvalue weighted by Crippen LogP contribution is 2.34. The Bertz CT molecular complexity index is 854. The summed E-state index contributed by atoms with van der Waals surface area (Å²) >= 11 is 0. The smallest absolute Gasteiger partial charge is 0.193 e. The van der Waals surface area contributed by atoms with Crippen molar-refractivity contribution in [1.82, 2.24) is 0 Å². The number of aryl methyl sites for hydroxylation is 1. The number of benzene rings is 2. The number of Topliss-reactive ketones (excluding diaryl/α,β-unsaturated/α-hetero) is 1. The molecule has 144 valence electrons. The molecule has 5 heteroatoms. The molecule has 0 fully saturated rings. The number of carbonyl (C=O) groups is 2. The molecule has 0 radical (unpaired) electrons. The fourth-order valence-electron chi connectivity index (χ4n) is 3.27. The zero-order chi connectivity index (χ0) is 20.1. The van der Waals surface area contributed by atoms with Gasteiger partial charge in [0.1, 0.15) is 11.5 Å². The van der Waals surface area contributed by atoms with Gasteiger partial charge in [-0.3, -0.25) is 9.59 Å². The largest absolute Gasteiger partial charge is 0.496 e. The van der Waals surface area contributed by atoms with Crippen molar-refractivity contribution >= 4 is 11.6 Å². The highest BCUT2D eigenvalue weighted by atomic mass is 16.5. The first kappa shape index (κ1) is 20.5. The van der Waals surface area contributed by atoms with Crippen LogP contribution in [0.4, 0.5) is 0 Å². The minimum Gasteiger partial charge on any atom is -0.496 e. The monoisotopic (exact) mass is 370 g/mol. The first-order valence-electron chi connectivity index (χ1n) is 8.83. The molecule has 2 rings (SSSR count). The average Bonchev–Trinajstić information content (AvgIpc) is 2.67. The van der Waals surface area contributed by atoms with E-state index in [1.807, 2.05) is 13.8 Å². The summed E-state index contributed by atoms with van der Waals surface area (Å²) in [5.41, 5.74) is 2.50. The van der Waals surface area contributed by atoms with E-state index in [1.54, 1.807) is 51.5 Å². The van der Waals surface area contributed by atoms with Crippen LogP contribution < -0.4 is 14.2 Å². The van der Waals surface area contributed by atoms with Gasteiger partial charge in [-0.15, -0.1) is 0 Å². The molecular formula is C22H26O5. The summed E-state index contributed by atoms with van der Waals surface area (Å²) < 4.78 is 16.0. The van der Waals surface area contributed by atoms with Crippen LogP contribution in [0.15, 0.2) is 30.3 Å². The molecule has 5 nitrogen and oxygen atoms in total. The maximum Gasteiger partial charge on any atom is 0.193 e. The van der Waals surface area contributed by atoms with Crippen molar-refractivity contribution in [2.45, 2.75) is 33.1 Å².